The summed E-state index contributed by atoms with van der Waals surface area (Å²) in [5.74, 6) is 0.688. The average molecular weight is 293 g/mol. The molecule has 2 atom stereocenters. The Labute approximate surface area is 127 Å². The van der Waals surface area contributed by atoms with E-state index in [4.69, 9.17) is 4.74 Å². The second-order valence-electron chi connectivity index (χ2n) is 5.15. The molecule has 0 radical (unpaired) electrons. The van der Waals surface area contributed by atoms with E-state index in [1.54, 1.807) is 7.11 Å². The van der Waals surface area contributed by atoms with Crippen LogP contribution >= 0.6 is 0 Å². The molecule has 0 saturated heterocycles. The Kier molecular flexibility index (Phi) is 7.79. The van der Waals surface area contributed by atoms with Crippen molar-refractivity contribution in [3.63, 3.8) is 0 Å². The molecule has 0 aromatic heterocycles. The normalized spacial score (nSPS) is 14.6. The molecule has 21 heavy (non-hydrogen) atoms. The molecule has 1 rings (SSSR count). The summed E-state index contributed by atoms with van der Waals surface area (Å²) in [5, 5.41) is 16.6. The van der Waals surface area contributed by atoms with Gasteiger partial charge in [0.1, 0.15) is 0 Å². The van der Waals surface area contributed by atoms with Gasteiger partial charge in [-0.25, -0.2) is 0 Å². The molecule has 2 unspecified atom stereocenters. The number of methoxy groups -OCH3 is 1. The number of guanidine groups is 1. The van der Waals surface area contributed by atoms with Gasteiger partial charge in [-0.3, -0.25) is 4.99 Å². The van der Waals surface area contributed by atoms with Crippen LogP contribution in [0.4, 0.5) is 0 Å². The van der Waals surface area contributed by atoms with Crippen LogP contribution in [0, 0.1) is 6.92 Å². The van der Waals surface area contributed by atoms with Gasteiger partial charge in [-0.1, -0.05) is 29.8 Å². The van der Waals surface area contributed by atoms with Gasteiger partial charge >= 0.3 is 0 Å². The van der Waals surface area contributed by atoms with E-state index in [0.717, 1.165) is 12.1 Å². The molecule has 1 aromatic rings. The highest BCUT2D eigenvalue weighted by Gasteiger charge is 2.08. The second kappa shape index (κ2) is 9.37. The van der Waals surface area contributed by atoms with E-state index in [0.29, 0.717) is 19.1 Å². The summed E-state index contributed by atoms with van der Waals surface area (Å²) in [6.45, 7) is 7.75. The molecular formula is C16H27N3O2. The van der Waals surface area contributed by atoms with Crippen LogP contribution in [-0.2, 0) is 4.74 Å². The summed E-state index contributed by atoms with van der Waals surface area (Å²) in [6.07, 6.45) is -0.598. The first kappa shape index (κ1) is 17.5. The predicted octanol–water partition coefficient (Wildman–Crippen LogP) is 1.62. The monoisotopic (exact) mass is 293 g/mol. The van der Waals surface area contributed by atoms with Crippen LogP contribution in [0.5, 0.6) is 0 Å². The number of ether oxygens (including phenoxy) is 1. The van der Waals surface area contributed by atoms with Crippen molar-refractivity contribution in [2.75, 3.05) is 26.8 Å². The maximum atomic E-state index is 10.2. The molecule has 3 N–H and O–H groups in total. The highest BCUT2D eigenvalue weighted by atomic mass is 16.5. The van der Waals surface area contributed by atoms with E-state index in [1.807, 2.05) is 45.0 Å². The lowest BCUT2D eigenvalue weighted by Crippen LogP contribution is -2.44. The number of hydrogen-bond acceptors (Lipinski definition) is 3. The molecule has 0 aliphatic rings. The summed E-state index contributed by atoms with van der Waals surface area (Å²) < 4.78 is 5.09. The van der Waals surface area contributed by atoms with Crippen LogP contribution in [0.15, 0.2) is 29.3 Å². The Morgan fingerprint density at radius 2 is 2.00 bits per heavy atom. The second-order valence-corrected chi connectivity index (χ2v) is 5.15. The number of hydrogen-bond donors (Lipinski definition) is 3. The van der Waals surface area contributed by atoms with Gasteiger partial charge < -0.3 is 20.5 Å². The third-order valence-corrected chi connectivity index (χ3v) is 3.03. The summed E-state index contributed by atoms with van der Waals surface area (Å²) in [5.41, 5.74) is 2.06. The number of nitrogens with one attached hydrogen (secondary N) is 2. The van der Waals surface area contributed by atoms with Crippen molar-refractivity contribution in [2.45, 2.75) is 32.9 Å². The van der Waals surface area contributed by atoms with Crippen LogP contribution in [0.2, 0.25) is 0 Å². The van der Waals surface area contributed by atoms with Crippen LogP contribution in [0.1, 0.15) is 31.1 Å². The Bertz CT molecular complexity index is 432. The van der Waals surface area contributed by atoms with Gasteiger partial charge in [0.15, 0.2) is 5.96 Å². The zero-order valence-electron chi connectivity index (χ0n) is 13.4. The molecule has 0 bridgehead atoms. The minimum Gasteiger partial charge on any atom is -0.386 e. The van der Waals surface area contributed by atoms with E-state index in [9.17, 15) is 5.11 Å². The van der Waals surface area contributed by atoms with Gasteiger partial charge in [-0.05, 0) is 26.3 Å². The molecule has 0 aliphatic carbocycles. The molecule has 5 nitrogen and oxygen atoms in total. The fourth-order valence-corrected chi connectivity index (χ4v) is 1.92. The van der Waals surface area contributed by atoms with Crippen molar-refractivity contribution in [3.05, 3.63) is 35.4 Å². The third-order valence-electron chi connectivity index (χ3n) is 3.03. The molecule has 0 spiro atoms. The predicted molar refractivity (Wildman–Crippen MR) is 86.6 cm³/mol. The van der Waals surface area contributed by atoms with Crippen LogP contribution in [0.25, 0.3) is 0 Å². The molecule has 0 amide bonds. The van der Waals surface area contributed by atoms with Gasteiger partial charge in [0.2, 0.25) is 0 Å². The van der Waals surface area contributed by atoms with Crippen molar-refractivity contribution in [2.24, 2.45) is 4.99 Å². The Hall–Kier alpha value is -1.59. The number of rotatable bonds is 7. The summed E-state index contributed by atoms with van der Waals surface area (Å²) >= 11 is 0. The number of aliphatic hydroxyl groups is 1. The fourth-order valence-electron chi connectivity index (χ4n) is 1.92. The third kappa shape index (κ3) is 6.60. The smallest absolute Gasteiger partial charge is 0.191 e. The Morgan fingerprint density at radius 1 is 1.33 bits per heavy atom. The molecule has 0 saturated carbocycles. The average Bonchev–Trinajstić information content (AvgIpc) is 2.45. The van der Waals surface area contributed by atoms with E-state index < -0.39 is 6.10 Å². The minimum atomic E-state index is -0.598. The van der Waals surface area contributed by atoms with Crippen LogP contribution < -0.4 is 10.6 Å². The van der Waals surface area contributed by atoms with E-state index in [2.05, 4.69) is 15.6 Å². The van der Waals surface area contributed by atoms with Crippen molar-refractivity contribution >= 4 is 5.96 Å². The standard InChI is InChI=1S/C16H27N3O2/c1-5-17-16(19-13(3)11-21-4)18-10-15(20)14-8-6-12(2)7-9-14/h6-9,13,15,20H,5,10-11H2,1-4H3,(H2,17,18,19). The number of nitrogens with zero attached hydrogens (tertiary/aromatic N) is 1. The highest BCUT2D eigenvalue weighted by Crippen LogP contribution is 2.13. The summed E-state index contributed by atoms with van der Waals surface area (Å²) in [4.78, 5) is 4.42. The molecule has 0 aliphatic heterocycles. The van der Waals surface area contributed by atoms with Crippen LogP contribution in [0.3, 0.4) is 0 Å². The molecular weight excluding hydrogens is 266 g/mol. The largest absolute Gasteiger partial charge is 0.386 e. The molecule has 0 fully saturated rings. The number of aliphatic imine (C=N–C) groups is 1. The lowest BCUT2D eigenvalue weighted by molar-refractivity contribution is 0.178. The zero-order valence-corrected chi connectivity index (χ0v) is 13.4. The van der Waals surface area contributed by atoms with Crippen molar-refractivity contribution in [1.82, 2.24) is 10.6 Å². The van der Waals surface area contributed by atoms with Crippen molar-refractivity contribution in [3.8, 4) is 0 Å². The Balaban J connectivity index is 2.61. The first-order chi connectivity index (χ1) is 10.1. The van der Waals surface area contributed by atoms with E-state index in [-0.39, 0.29) is 6.04 Å². The molecule has 5 heteroatoms. The van der Waals surface area contributed by atoms with Gasteiger partial charge in [-0.2, -0.15) is 0 Å². The number of aliphatic hydroxyl groups excluding tert-OH is 1. The highest BCUT2D eigenvalue weighted by molar-refractivity contribution is 5.80. The van der Waals surface area contributed by atoms with Gasteiger partial charge in [-0.15, -0.1) is 0 Å². The van der Waals surface area contributed by atoms with Gasteiger partial charge in [0.05, 0.1) is 19.3 Å². The van der Waals surface area contributed by atoms with Crippen LogP contribution in [-0.4, -0.2) is 43.9 Å². The number of benzene rings is 1. The summed E-state index contributed by atoms with van der Waals surface area (Å²) in [7, 11) is 1.67. The van der Waals surface area contributed by atoms with Gasteiger partial charge in [0.25, 0.3) is 0 Å². The maximum Gasteiger partial charge on any atom is 0.191 e. The summed E-state index contributed by atoms with van der Waals surface area (Å²) in [6, 6.07) is 8.01. The first-order valence-electron chi connectivity index (χ1n) is 7.35. The zero-order chi connectivity index (χ0) is 15.7. The van der Waals surface area contributed by atoms with E-state index in [1.165, 1.54) is 5.56 Å². The van der Waals surface area contributed by atoms with Gasteiger partial charge in [0, 0.05) is 19.7 Å². The lowest BCUT2D eigenvalue weighted by Gasteiger charge is -2.17. The SMILES string of the molecule is CCNC(=NCC(O)c1ccc(C)cc1)NC(C)COC. The Morgan fingerprint density at radius 3 is 2.57 bits per heavy atom. The molecule has 118 valence electrons. The molecule has 0 heterocycles. The number of aryl methyl sites for hydroxylation is 1. The van der Waals surface area contributed by atoms with Crippen molar-refractivity contribution in [1.29, 1.82) is 0 Å². The first-order valence-corrected chi connectivity index (χ1v) is 7.35. The lowest BCUT2D eigenvalue weighted by atomic mass is 10.1. The van der Waals surface area contributed by atoms with E-state index >= 15 is 0 Å². The van der Waals surface area contributed by atoms with Crippen molar-refractivity contribution < 1.29 is 9.84 Å². The maximum absolute atomic E-state index is 10.2. The molecule has 1 aromatic carbocycles. The quantitative estimate of drug-likeness (QED) is 0.528. The minimum absolute atomic E-state index is 0.157. The topological polar surface area (TPSA) is 65.9 Å². The fraction of sp³-hybridized carbons (Fsp3) is 0.562.